The summed E-state index contributed by atoms with van der Waals surface area (Å²) in [6.45, 7) is 2.27. The number of thioether (sulfide) groups is 1. The fourth-order valence-electron chi connectivity index (χ4n) is 2.60. The Morgan fingerprint density at radius 1 is 1.15 bits per heavy atom. The Morgan fingerprint density at radius 3 is 2.78 bits per heavy atom. The van der Waals surface area contributed by atoms with Crippen LogP contribution in [0.3, 0.4) is 0 Å². The molecule has 8 heteroatoms. The number of fused-ring (bicyclic) bond motifs is 1. The number of hydrogen-bond acceptors (Lipinski definition) is 8. The van der Waals surface area contributed by atoms with E-state index in [1.54, 1.807) is 19.1 Å². The van der Waals surface area contributed by atoms with Crippen molar-refractivity contribution in [3.05, 3.63) is 54.1 Å². The van der Waals surface area contributed by atoms with Gasteiger partial charge in [0.1, 0.15) is 5.25 Å². The third-order valence-corrected chi connectivity index (χ3v) is 4.91. The van der Waals surface area contributed by atoms with E-state index in [-0.39, 0.29) is 18.0 Å². The van der Waals surface area contributed by atoms with Crippen molar-refractivity contribution < 1.29 is 23.4 Å². The molecule has 2 aromatic carbocycles. The van der Waals surface area contributed by atoms with Crippen LogP contribution < -0.4 is 9.47 Å². The summed E-state index contributed by atoms with van der Waals surface area (Å²) in [7, 11) is 0. The third-order valence-electron chi connectivity index (χ3n) is 3.85. The zero-order valence-electron chi connectivity index (χ0n) is 14.5. The van der Waals surface area contributed by atoms with E-state index in [1.165, 1.54) is 0 Å². The van der Waals surface area contributed by atoms with Gasteiger partial charge in [0, 0.05) is 5.56 Å². The number of benzene rings is 2. The molecule has 0 fully saturated rings. The Balaban J connectivity index is 1.57. The molecular formula is C19H16N2O5S. The molecule has 3 aromatic rings. The third kappa shape index (κ3) is 3.75. The monoisotopic (exact) mass is 384 g/mol. The maximum Gasteiger partial charge on any atom is 0.324 e. The van der Waals surface area contributed by atoms with Gasteiger partial charge in [0.25, 0.3) is 5.22 Å². The number of hydrogen-bond donors (Lipinski definition) is 0. The quantitative estimate of drug-likeness (QED) is 0.468. The van der Waals surface area contributed by atoms with E-state index in [0.29, 0.717) is 29.6 Å². The maximum absolute atomic E-state index is 12.4. The van der Waals surface area contributed by atoms with Crippen molar-refractivity contribution in [3.63, 3.8) is 0 Å². The Kier molecular flexibility index (Phi) is 4.97. The highest BCUT2D eigenvalue weighted by Crippen LogP contribution is 2.38. The van der Waals surface area contributed by atoms with Gasteiger partial charge in [-0.2, -0.15) is 0 Å². The average Bonchev–Trinajstić information content (AvgIpc) is 3.35. The highest BCUT2D eigenvalue weighted by molar-refractivity contribution is 8.00. The van der Waals surface area contributed by atoms with Crippen LogP contribution in [0.5, 0.6) is 11.5 Å². The minimum atomic E-state index is -0.587. The Morgan fingerprint density at radius 2 is 1.96 bits per heavy atom. The molecule has 0 amide bonds. The molecule has 4 rings (SSSR count). The summed E-state index contributed by atoms with van der Waals surface area (Å²) in [4.78, 5) is 12.4. The van der Waals surface area contributed by atoms with E-state index in [1.807, 2.05) is 36.4 Å². The topological polar surface area (TPSA) is 83.7 Å². The zero-order valence-corrected chi connectivity index (χ0v) is 15.3. The van der Waals surface area contributed by atoms with Crippen molar-refractivity contribution in [3.8, 4) is 23.0 Å². The Hall–Kier alpha value is -3.00. The largest absolute Gasteiger partial charge is 0.465 e. The molecule has 27 heavy (non-hydrogen) atoms. The van der Waals surface area contributed by atoms with Crippen LogP contribution in [-0.4, -0.2) is 29.6 Å². The van der Waals surface area contributed by atoms with Crippen LogP contribution in [0, 0.1) is 0 Å². The minimum Gasteiger partial charge on any atom is -0.465 e. The first-order chi connectivity index (χ1) is 13.2. The lowest BCUT2D eigenvalue weighted by atomic mass is 10.1. The molecule has 1 atom stereocenters. The number of aromatic nitrogens is 2. The fraction of sp³-hybridized carbons (Fsp3) is 0.211. The van der Waals surface area contributed by atoms with Crippen molar-refractivity contribution in [1.29, 1.82) is 0 Å². The second kappa shape index (κ2) is 7.71. The van der Waals surface area contributed by atoms with Gasteiger partial charge in [-0.15, -0.1) is 10.2 Å². The average molecular weight is 384 g/mol. The summed E-state index contributed by atoms with van der Waals surface area (Å²) in [5.41, 5.74) is 1.52. The number of rotatable bonds is 6. The lowest BCUT2D eigenvalue weighted by Crippen LogP contribution is -2.13. The van der Waals surface area contributed by atoms with E-state index < -0.39 is 5.25 Å². The SMILES string of the molecule is CCOC(=O)[C@H](Sc1nnc(-c2ccc3c(c2)OCO3)o1)c1ccccc1. The van der Waals surface area contributed by atoms with Gasteiger partial charge >= 0.3 is 5.97 Å². The van der Waals surface area contributed by atoms with Gasteiger partial charge in [-0.3, -0.25) is 4.79 Å². The summed E-state index contributed by atoms with van der Waals surface area (Å²) in [6, 6.07) is 14.7. The van der Waals surface area contributed by atoms with Gasteiger partial charge < -0.3 is 18.6 Å². The maximum atomic E-state index is 12.4. The van der Waals surface area contributed by atoms with Crippen molar-refractivity contribution in [2.24, 2.45) is 0 Å². The molecule has 0 aliphatic carbocycles. The van der Waals surface area contributed by atoms with Crippen LogP contribution in [-0.2, 0) is 9.53 Å². The molecule has 0 saturated heterocycles. The Labute approximate surface area is 159 Å². The van der Waals surface area contributed by atoms with E-state index >= 15 is 0 Å². The molecular weight excluding hydrogens is 368 g/mol. The molecule has 0 radical (unpaired) electrons. The Bertz CT molecular complexity index is 944. The molecule has 138 valence electrons. The standard InChI is InChI=1S/C19H16N2O5S/c1-2-23-18(22)16(12-6-4-3-5-7-12)27-19-21-20-17(26-19)13-8-9-14-15(10-13)25-11-24-14/h3-10,16H,2,11H2,1H3/t16-/m1/s1. The molecule has 0 bridgehead atoms. The van der Waals surface area contributed by atoms with Crippen LogP contribution in [0.1, 0.15) is 17.7 Å². The number of carbonyl (C=O) groups is 1. The summed E-state index contributed by atoms with van der Waals surface area (Å²) >= 11 is 1.16. The number of esters is 1. The molecule has 0 unspecified atom stereocenters. The molecule has 1 aliphatic heterocycles. The molecule has 0 saturated carbocycles. The molecule has 0 N–H and O–H groups in total. The summed E-state index contributed by atoms with van der Waals surface area (Å²) in [6.07, 6.45) is 0. The first kappa shape index (κ1) is 17.4. The van der Waals surface area contributed by atoms with Gasteiger partial charge in [0.2, 0.25) is 12.7 Å². The lowest BCUT2D eigenvalue weighted by molar-refractivity contribution is -0.142. The van der Waals surface area contributed by atoms with Gasteiger partial charge in [0.05, 0.1) is 6.61 Å². The molecule has 0 spiro atoms. The normalized spacial score (nSPS) is 13.4. The number of nitrogens with zero attached hydrogens (tertiary/aromatic N) is 2. The van der Waals surface area contributed by atoms with Crippen LogP contribution >= 0.6 is 11.8 Å². The van der Waals surface area contributed by atoms with Crippen LogP contribution in [0.15, 0.2) is 58.2 Å². The van der Waals surface area contributed by atoms with Gasteiger partial charge in [-0.05, 0) is 42.4 Å². The molecule has 1 aliphatic rings. The zero-order chi connectivity index (χ0) is 18.6. The first-order valence-corrected chi connectivity index (χ1v) is 9.24. The highest BCUT2D eigenvalue weighted by atomic mass is 32.2. The summed E-state index contributed by atoms with van der Waals surface area (Å²) in [5, 5.41) is 7.83. The van der Waals surface area contributed by atoms with E-state index in [2.05, 4.69) is 10.2 Å². The van der Waals surface area contributed by atoms with E-state index in [4.69, 9.17) is 18.6 Å². The van der Waals surface area contributed by atoms with Gasteiger partial charge in [-0.25, -0.2) is 0 Å². The van der Waals surface area contributed by atoms with Gasteiger partial charge in [-0.1, -0.05) is 30.3 Å². The number of ether oxygens (including phenoxy) is 3. The molecule has 1 aromatic heterocycles. The number of carbonyl (C=O) groups excluding carboxylic acids is 1. The summed E-state index contributed by atoms with van der Waals surface area (Å²) < 4.78 is 21.6. The molecule has 7 nitrogen and oxygen atoms in total. The second-order valence-corrected chi connectivity index (χ2v) is 6.66. The predicted octanol–water partition coefficient (Wildman–Crippen LogP) is 3.86. The molecule has 2 heterocycles. The fourth-order valence-corrected chi connectivity index (χ4v) is 3.48. The van der Waals surface area contributed by atoms with Crippen molar-refractivity contribution in [2.75, 3.05) is 13.4 Å². The van der Waals surface area contributed by atoms with Crippen LogP contribution in [0.4, 0.5) is 0 Å². The van der Waals surface area contributed by atoms with Crippen LogP contribution in [0.2, 0.25) is 0 Å². The minimum absolute atomic E-state index is 0.196. The first-order valence-electron chi connectivity index (χ1n) is 8.36. The smallest absolute Gasteiger partial charge is 0.324 e. The van der Waals surface area contributed by atoms with Crippen LogP contribution in [0.25, 0.3) is 11.5 Å². The van der Waals surface area contributed by atoms with Crippen molar-refractivity contribution in [2.45, 2.75) is 17.4 Å². The second-order valence-electron chi connectivity index (χ2n) is 5.60. The van der Waals surface area contributed by atoms with E-state index in [9.17, 15) is 4.79 Å². The van der Waals surface area contributed by atoms with E-state index in [0.717, 1.165) is 17.3 Å². The summed E-state index contributed by atoms with van der Waals surface area (Å²) in [5.74, 6) is 1.30. The van der Waals surface area contributed by atoms with Crippen molar-refractivity contribution in [1.82, 2.24) is 10.2 Å². The lowest BCUT2D eigenvalue weighted by Gasteiger charge is -2.13. The predicted molar refractivity (Wildman–Crippen MR) is 97.5 cm³/mol. The van der Waals surface area contributed by atoms with Gasteiger partial charge in [0.15, 0.2) is 11.5 Å². The van der Waals surface area contributed by atoms with Crippen molar-refractivity contribution >= 4 is 17.7 Å². The highest BCUT2D eigenvalue weighted by Gasteiger charge is 2.26.